The monoisotopic (exact) mass is 267 g/mol. The Hall–Kier alpha value is -1.06. The number of ether oxygens (including phenoxy) is 1. The van der Waals surface area contributed by atoms with Crippen LogP contribution in [-0.2, 0) is 14.3 Å². The van der Waals surface area contributed by atoms with Crippen molar-refractivity contribution in [3.8, 4) is 0 Å². The Bertz CT molecular complexity index is 327. The molecular weight excluding hydrogens is 242 g/mol. The molecule has 0 bridgehead atoms. The summed E-state index contributed by atoms with van der Waals surface area (Å²) in [5, 5.41) is 0. The second-order valence-corrected chi connectivity index (χ2v) is 5.65. The molecule has 108 valence electrons. The van der Waals surface area contributed by atoms with E-state index < -0.39 is 0 Å². The number of fused-ring (bicyclic) bond motifs is 1. The Morgan fingerprint density at radius 1 is 1.11 bits per heavy atom. The normalized spacial score (nSPS) is 26.7. The number of hydrogen-bond donors (Lipinski definition) is 0. The first-order valence-corrected chi connectivity index (χ1v) is 7.67. The molecule has 4 heteroatoms. The van der Waals surface area contributed by atoms with Crippen molar-refractivity contribution in [1.82, 2.24) is 4.90 Å². The van der Waals surface area contributed by atoms with Crippen LogP contribution in [0.2, 0.25) is 0 Å². The second kappa shape index (κ2) is 6.92. The van der Waals surface area contributed by atoms with E-state index in [0.717, 1.165) is 19.4 Å². The maximum absolute atomic E-state index is 12.3. The van der Waals surface area contributed by atoms with Crippen LogP contribution >= 0.6 is 0 Å². The number of carbonyl (C=O) groups is 2. The lowest BCUT2D eigenvalue weighted by Gasteiger charge is -2.44. The smallest absolute Gasteiger partial charge is 0.306 e. The van der Waals surface area contributed by atoms with Gasteiger partial charge in [0.05, 0.1) is 13.0 Å². The molecule has 0 spiro atoms. The molecule has 1 aliphatic heterocycles. The first-order valence-electron chi connectivity index (χ1n) is 7.67. The summed E-state index contributed by atoms with van der Waals surface area (Å²) < 4.78 is 4.88. The lowest BCUT2D eigenvalue weighted by atomic mass is 9.78. The van der Waals surface area contributed by atoms with Crippen molar-refractivity contribution in [3.05, 3.63) is 0 Å². The van der Waals surface area contributed by atoms with Gasteiger partial charge in [-0.1, -0.05) is 12.8 Å². The van der Waals surface area contributed by atoms with Gasteiger partial charge >= 0.3 is 5.97 Å². The largest absolute Gasteiger partial charge is 0.466 e. The predicted octanol–water partition coefficient (Wildman–Crippen LogP) is 2.51. The fourth-order valence-electron chi connectivity index (χ4n) is 3.52. The van der Waals surface area contributed by atoms with Crippen molar-refractivity contribution >= 4 is 11.9 Å². The fraction of sp³-hybridized carbons (Fsp3) is 0.867. The third-order valence-corrected chi connectivity index (χ3v) is 4.41. The molecule has 0 aromatic rings. The molecule has 1 aliphatic carbocycles. The van der Waals surface area contributed by atoms with Crippen LogP contribution in [0.5, 0.6) is 0 Å². The molecule has 1 saturated heterocycles. The highest BCUT2D eigenvalue weighted by molar-refractivity contribution is 5.81. The van der Waals surface area contributed by atoms with Crippen LogP contribution in [0, 0.1) is 5.92 Å². The van der Waals surface area contributed by atoms with Gasteiger partial charge in [-0.2, -0.15) is 0 Å². The van der Waals surface area contributed by atoms with Gasteiger partial charge < -0.3 is 9.64 Å². The maximum Gasteiger partial charge on any atom is 0.306 e. The molecule has 0 radical (unpaired) electrons. The highest BCUT2D eigenvalue weighted by Gasteiger charge is 2.35. The van der Waals surface area contributed by atoms with Crippen molar-refractivity contribution in [2.75, 3.05) is 13.2 Å². The van der Waals surface area contributed by atoms with E-state index in [0.29, 0.717) is 25.0 Å². The maximum atomic E-state index is 12.3. The molecule has 2 aliphatic rings. The summed E-state index contributed by atoms with van der Waals surface area (Å²) in [6.45, 7) is 3.06. The number of rotatable bonds is 4. The average molecular weight is 267 g/mol. The van der Waals surface area contributed by atoms with Crippen LogP contribution in [-0.4, -0.2) is 36.0 Å². The van der Waals surface area contributed by atoms with Crippen LogP contribution in [0.15, 0.2) is 0 Å². The zero-order valence-corrected chi connectivity index (χ0v) is 11.9. The van der Waals surface area contributed by atoms with Crippen molar-refractivity contribution in [1.29, 1.82) is 0 Å². The van der Waals surface area contributed by atoms with E-state index in [1.807, 2.05) is 4.90 Å². The summed E-state index contributed by atoms with van der Waals surface area (Å²) in [6.07, 6.45) is 7.89. The van der Waals surface area contributed by atoms with Gasteiger partial charge in [0.15, 0.2) is 0 Å². The summed E-state index contributed by atoms with van der Waals surface area (Å²) in [7, 11) is 0. The lowest BCUT2D eigenvalue weighted by molar-refractivity contribution is -0.147. The molecule has 2 fully saturated rings. The Balaban J connectivity index is 1.85. The second-order valence-electron chi connectivity index (χ2n) is 5.65. The number of esters is 1. The highest BCUT2D eigenvalue weighted by Crippen LogP contribution is 2.35. The fourth-order valence-corrected chi connectivity index (χ4v) is 3.52. The van der Waals surface area contributed by atoms with E-state index in [-0.39, 0.29) is 18.3 Å². The van der Waals surface area contributed by atoms with Crippen LogP contribution in [0.3, 0.4) is 0 Å². The quantitative estimate of drug-likeness (QED) is 0.735. The summed E-state index contributed by atoms with van der Waals surface area (Å²) >= 11 is 0. The molecule has 2 atom stereocenters. The van der Waals surface area contributed by atoms with Gasteiger partial charge in [-0.15, -0.1) is 0 Å². The van der Waals surface area contributed by atoms with E-state index >= 15 is 0 Å². The first-order chi connectivity index (χ1) is 9.22. The van der Waals surface area contributed by atoms with Crippen LogP contribution in [0.25, 0.3) is 0 Å². The zero-order valence-electron chi connectivity index (χ0n) is 11.9. The molecule has 0 unspecified atom stereocenters. The zero-order chi connectivity index (χ0) is 13.7. The third-order valence-electron chi connectivity index (χ3n) is 4.41. The average Bonchev–Trinajstić information content (AvgIpc) is 2.44. The van der Waals surface area contributed by atoms with E-state index in [1.54, 1.807) is 6.92 Å². The molecule has 19 heavy (non-hydrogen) atoms. The number of carbonyl (C=O) groups excluding carboxylic acids is 2. The predicted molar refractivity (Wildman–Crippen MR) is 72.6 cm³/mol. The third kappa shape index (κ3) is 3.71. The molecule has 0 aromatic carbocycles. The lowest BCUT2D eigenvalue weighted by Crippen LogP contribution is -2.49. The Morgan fingerprint density at radius 3 is 2.63 bits per heavy atom. The van der Waals surface area contributed by atoms with Gasteiger partial charge in [-0.05, 0) is 38.5 Å². The SMILES string of the molecule is CCOC(=O)CCC(=O)N1CCC[C@@H]2CCCC[C@H]21. The Morgan fingerprint density at radius 2 is 1.84 bits per heavy atom. The molecule has 0 aromatic heterocycles. The molecule has 1 saturated carbocycles. The van der Waals surface area contributed by atoms with Crippen molar-refractivity contribution in [2.45, 2.75) is 64.3 Å². The van der Waals surface area contributed by atoms with Crippen molar-refractivity contribution in [3.63, 3.8) is 0 Å². The van der Waals surface area contributed by atoms with Crippen molar-refractivity contribution < 1.29 is 14.3 Å². The summed E-state index contributed by atoms with van der Waals surface area (Å²) in [5.41, 5.74) is 0. The van der Waals surface area contributed by atoms with Crippen LogP contribution in [0.1, 0.15) is 58.3 Å². The van der Waals surface area contributed by atoms with Gasteiger partial charge in [0.2, 0.25) is 5.91 Å². The molecule has 2 rings (SSSR count). The number of hydrogen-bond acceptors (Lipinski definition) is 3. The summed E-state index contributed by atoms with van der Waals surface area (Å²) in [6, 6.07) is 0.442. The topological polar surface area (TPSA) is 46.6 Å². The summed E-state index contributed by atoms with van der Waals surface area (Å²) in [4.78, 5) is 25.6. The number of nitrogens with zero attached hydrogens (tertiary/aromatic N) is 1. The van der Waals surface area contributed by atoms with Gasteiger partial charge in [-0.25, -0.2) is 0 Å². The minimum atomic E-state index is -0.256. The minimum Gasteiger partial charge on any atom is -0.466 e. The molecule has 1 amide bonds. The van der Waals surface area contributed by atoms with Gasteiger partial charge in [0.25, 0.3) is 0 Å². The Labute approximate surface area is 115 Å². The van der Waals surface area contributed by atoms with Gasteiger partial charge in [0, 0.05) is 19.0 Å². The number of piperidine rings is 1. The molecule has 4 nitrogen and oxygen atoms in total. The number of likely N-dealkylation sites (tertiary alicyclic amines) is 1. The van der Waals surface area contributed by atoms with Crippen molar-refractivity contribution in [2.24, 2.45) is 5.92 Å². The van der Waals surface area contributed by atoms with Crippen LogP contribution in [0.4, 0.5) is 0 Å². The first kappa shape index (κ1) is 14.4. The molecular formula is C15H25NO3. The highest BCUT2D eigenvalue weighted by atomic mass is 16.5. The van der Waals surface area contributed by atoms with Gasteiger partial charge in [0.1, 0.15) is 0 Å². The molecule has 0 N–H and O–H groups in total. The van der Waals surface area contributed by atoms with Crippen LogP contribution < -0.4 is 0 Å². The van der Waals surface area contributed by atoms with E-state index in [9.17, 15) is 9.59 Å². The number of amides is 1. The standard InChI is InChI=1S/C15H25NO3/c1-2-19-15(18)10-9-14(17)16-11-5-7-12-6-3-4-8-13(12)16/h12-13H,2-11H2,1H3/t12-,13+/m0/s1. The van der Waals surface area contributed by atoms with E-state index in [2.05, 4.69) is 0 Å². The van der Waals surface area contributed by atoms with E-state index in [1.165, 1.54) is 25.7 Å². The summed E-state index contributed by atoms with van der Waals surface area (Å²) in [5.74, 6) is 0.590. The molecule has 1 heterocycles. The van der Waals surface area contributed by atoms with Gasteiger partial charge in [-0.3, -0.25) is 9.59 Å². The Kier molecular flexibility index (Phi) is 5.23. The van der Waals surface area contributed by atoms with E-state index in [4.69, 9.17) is 4.74 Å². The minimum absolute atomic E-state index is 0.143.